The Kier molecular flexibility index (Phi) is 5.05. The highest BCUT2D eigenvalue weighted by atomic mass is 15.3. The van der Waals surface area contributed by atoms with Gasteiger partial charge in [0.05, 0.1) is 6.54 Å². The van der Waals surface area contributed by atoms with E-state index in [-0.39, 0.29) is 0 Å². The fourth-order valence-corrected chi connectivity index (χ4v) is 2.81. The van der Waals surface area contributed by atoms with Gasteiger partial charge in [0, 0.05) is 25.0 Å². The zero-order valence-electron chi connectivity index (χ0n) is 10.9. The summed E-state index contributed by atoms with van der Waals surface area (Å²) < 4.78 is 2.00. The first kappa shape index (κ1) is 12.6. The molecule has 2 atom stereocenters. The van der Waals surface area contributed by atoms with Crippen LogP contribution < -0.4 is 5.32 Å². The number of nitrogens with one attached hydrogen (secondary N) is 1. The third kappa shape index (κ3) is 4.15. The fraction of sp³-hybridized carbons (Fsp3) is 0.786. The summed E-state index contributed by atoms with van der Waals surface area (Å²) in [5.74, 6) is 0.980. The number of rotatable bonds is 5. The average molecular weight is 235 g/mol. The van der Waals surface area contributed by atoms with Crippen molar-refractivity contribution in [1.82, 2.24) is 15.1 Å². The van der Waals surface area contributed by atoms with E-state index < -0.39 is 0 Å². The van der Waals surface area contributed by atoms with Crippen LogP contribution in [0.2, 0.25) is 0 Å². The summed E-state index contributed by atoms with van der Waals surface area (Å²) in [6.07, 6.45) is 12.2. The van der Waals surface area contributed by atoms with Crippen LogP contribution in [0.1, 0.15) is 45.4 Å². The van der Waals surface area contributed by atoms with Crippen LogP contribution in [0.3, 0.4) is 0 Å². The van der Waals surface area contributed by atoms with Crippen molar-refractivity contribution >= 4 is 0 Å². The van der Waals surface area contributed by atoms with Crippen LogP contribution in [0.4, 0.5) is 0 Å². The smallest absolute Gasteiger partial charge is 0.0534 e. The molecule has 1 fully saturated rings. The topological polar surface area (TPSA) is 29.9 Å². The van der Waals surface area contributed by atoms with Gasteiger partial charge in [-0.1, -0.05) is 26.2 Å². The Balaban J connectivity index is 1.65. The van der Waals surface area contributed by atoms with E-state index in [0.717, 1.165) is 25.0 Å². The van der Waals surface area contributed by atoms with E-state index in [4.69, 9.17) is 0 Å². The van der Waals surface area contributed by atoms with Gasteiger partial charge in [-0.3, -0.25) is 4.68 Å². The predicted octanol–water partition coefficient (Wildman–Crippen LogP) is 2.83. The molecule has 3 nitrogen and oxygen atoms in total. The van der Waals surface area contributed by atoms with Crippen molar-refractivity contribution < 1.29 is 0 Å². The van der Waals surface area contributed by atoms with Crippen LogP contribution in [0, 0.1) is 5.92 Å². The van der Waals surface area contributed by atoms with Crippen molar-refractivity contribution in [2.24, 2.45) is 5.92 Å². The van der Waals surface area contributed by atoms with Crippen molar-refractivity contribution in [2.45, 2.75) is 58.0 Å². The van der Waals surface area contributed by atoms with E-state index in [9.17, 15) is 0 Å². The van der Waals surface area contributed by atoms with Gasteiger partial charge in [-0.15, -0.1) is 0 Å². The maximum Gasteiger partial charge on any atom is 0.0534 e. The number of hydrogen-bond donors (Lipinski definition) is 1. The number of nitrogens with zero attached hydrogens (tertiary/aromatic N) is 2. The normalized spacial score (nSPS) is 25.7. The third-order valence-corrected chi connectivity index (χ3v) is 4.00. The summed E-state index contributed by atoms with van der Waals surface area (Å²) in [5, 5.41) is 7.90. The van der Waals surface area contributed by atoms with E-state index in [0.29, 0.717) is 0 Å². The van der Waals surface area contributed by atoms with Gasteiger partial charge in [0.15, 0.2) is 0 Å². The summed E-state index contributed by atoms with van der Waals surface area (Å²) >= 11 is 0. The second-order valence-electron chi connectivity index (χ2n) is 5.20. The molecule has 1 N–H and O–H groups in total. The van der Waals surface area contributed by atoms with Crippen molar-refractivity contribution in [3.05, 3.63) is 18.5 Å². The zero-order chi connectivity index (χ0) is 11.9. The van der Waals surface area contributed by atoms with Crippen molar-refractivity contribution in [3.8, 4) is 0 Å². The largest absolute Gasteiger partial charge is 0.312 e. The SMILES string of the molecule is CCC1CCCC(NCCn2cccn2)CC1. The molecule has 1 aromatic rings. The highest BCUT2D eigenvalue weighted by molar-refractivity contribution is 4.78. The summed E-state index contributed by atoms with van der Waals surface area (Å²) in [7, 11) is 0. The molecule has 0 aromatic carbocycles. The quantitative estimate of drug-likeness (QED) is 0.795. The maximum absolute atomic E-state index is 4.22. The molecule has 2 rings (SSSR count). The predicted molar refractivity (Wildman–Crippen MR) is 70.9 cm³/mol. The molecule has 0 radical (unpaired) electrons. The molecular weight excluding hydrogens is 210 g/mol. The summed E-state index contributed by atoms with van der Waals surface area (Å²) in [4.78, 5) is 0. The van der Waals surface area contributed by atoms with E-state index in [1.807, 2.05) is 23.1 Å². The molecule has 1 aromatic heterocycles. The highest BCUT2D eigenvalue weighted by Crippen LogP contribution is 2.25. The Bertz CT molecular complexity index is 294. The molecule has 0 saturated heterocycles. The summed E-state index contributed by atoms with van der Waals surface area (Å²) in [6, 6.07) is 2.72. The van der Waals surface area contributed by atoms with E-state index in [1.54, 1.807) is 0 Å². The molecule has 1 heterocycles. The lowest BCUT2D eigenvalue weighted by Crippen LogP contribution is -2.31. The Morgan fingerprint density at radius 3 is 3.00 bits per heavy atom. The van der Waals surface area contributed by atoms with E-state index >= 15 is 0 Å². The highest BCUT2D eigenvalue weighted by Gasteiger charge is 2.16. The van der Waals surface area contributed by atoms with Crippen LogP contribution in [-0.2, 0) is 6.54 Å². The van der Waals surface area contributed by atoms with Crippen LogP contribution in [-0.4, -0.2) is 22.4 Å². The van der Waals surface area contributed by atoms with Crippen molar-refractivity contribution in [2.75, 3.05) is 6.54 Å². The summed E-state index contributed by atoms with van der Waals surface area (Å²) in [5.41, 5.74) is 0. The Labute approximate surface area is 105 Å². The Hall–Kier alpha value is -0.830. The summed E-state index contributed by atoms with van der Waals surface area (Å²) in [6.45, 7) is 4.36. The molecule has 0 aliphatic heterocycles. The molecule has 3 heteroatoms. The minimum absolute atomic E-state index is 0.738. The number of aromatic nitrogens is 2. The molecule has 0 spiro atoms. The molecule has 1 aliphatic carbocycles. The lowest BCUT2D eigenvalue weighted by Gasteiger charge is -2.16. The molecule has 0 amide bonds. The van der Waals surface area contributed by atoms with Crippen molar-refractivity contribution in [3.63, 3.8) is 0 Å². The van der Waals surface area contributed by atoms with Gasteiger partial charge in [-0.2, -0.15) is 5.10 Å². The lowest BCUT2D eigenvalue weighted by molar-refractivity contribution is 0.416. The molecule has 0 bridgehead atoms. The molecule has 1 aliphatic rings. The van der Waals surface area contributed by atoms with Crippen LogP contribution in [0.15, 0.2) is 18.5 Å². The fourth-order valence-electron chi connectivity index (χ4n) is 2.81. The lowest BCUT2D eigenvalue weighted by atomic mass is 9.98. The zero-order valence-corrected chi connectivity index (χ0v) is 10.9. The Morgan fingerprint density at radius 1 is 1.29 bits per heavy atom. The molecule has 2 unspecified atom stereocenters. The number of hydrogen-bond acceptors (Lipinski definition) is 2. The van der Waals surface area contributed by atoms with E-state index in [1.165, 1.54) is 38.5 Å². The molecule has 1 saturated carbocycles. The average Bonchev–Trinajstić information content (AvgIpc) is 2.75. The first-order chi connectivity index (χ1) is 8.38. The van der Waals surface area contributed by atoms with Gasteiger partial charge in [0.1, 0.15) is 0 Å². The van der Waals surface area contributed by atoms with Gasteiger partial charge in [0.2, 0.25) is 0 Å². The first-order valence-electron chi connectivity index (χ1n) is 7.09. The monoisotopic (exact) mass is 235 g/mol. The molecule has 96 valence electrons. The minimum atomic E-state index is 0.738. The third-order valence-electron chi connectivity index (χ3n) is 4.00. The Morgan fingerprint density at radius 2 is 2.24 bits per heavy atom. The van der Waals surface area contributed by atoms with Crippen molar-refractivity contribution in [1.29, 1.82) is 0 Å². The van der Waals surface area contributed by atoms with E-state index in [2.05, 4.69) is 17.3 Å². The van der Waals surface area contributed by atoms with Gasteiger partial charge < -0.3 is 5.32 Å². The van der Waals surface area contributed by atoms with Crippen LogP contribution in [0.5, 0.6) is 0 Å². The van der Waals surface area contributed by atoms with Crippen LogP contribution >= 0.6 is 0 Å². The first-order valence-corrected chi connectivity index (χ1v) is 7.09. The van der Waals surface area contributed by atoms with Gasteiger partial charge in [-0.05, 0) is 31.2 Å². The second kappa shape index (κ2) is 6.80. The molecular formula is C14H25N3. The van der Waals surface area contributed by atoms with Gasteiger partial charge in [0.25, 0.3) is 0 Å². The minimum Gasteiger partial charge on any atom is -0.312 e. The standard InChI is InChI=1S/C14H25N3/c1-2-13-5-3-6-14(8-7-13)15-10-12-17-11-4-9-16-17/h4,9,11,13-15H,2-3,5-8,10,12H2,1H3. The molecule has 17 heavy (non-hydrogen) atoms. The van der Waals surface area contributed by atoms with Crippen LogP contribution in [0.25, 0.3) is 0 Å². The van der Waals surface area contributed by atoms with Gasteiger partial charge >= 0.3 is 0 Å². The second-order valence-corrected chi connectivity index (χ2v) is 5.20. The van der Waals surface area contributed by atoms with Gasteiger partial charge in [-0.25, -0.2) is 0 Å². The maximum atomic E-state index is 4.22.